The molecule has 1 atom stereocenters. The SMILES string of the molecule is CCNC1CCN(Cc2sccc2C)C1. The molecule has 1 aromatic rings. The van der Waals surface area contributed by atoms with Gasteiger partial charge < -0.3 is 5.32 Å². The molecule has 0 radical (unpaired) electrons. The average Bonchev–Trinajstić information content (AvgIpc) is 2.79. The van der Waals surface area contributed by atoms with Crippen molar-refractivity contribution in [3.63, 3.8) is 0 Å². The third-order valence-corrected chi connectivity index (χ3v) is 4.11. The number of likely N-dealkylation sites (N-methyl/N-ethyl adjacent to an activating group) is 1. The zero-order valence-corrected chi connectivity index (χ0v) is 10.4. The van der Waals surface area contributed by atoms with Crippen LogP contribution in [0.15, 0.2) is 11.4 Å². The highest BCUT2D eigenvalue weighted by Crippen LogP contribution is 2.20. The minimum absolute atomic E-state index is 0.718. The Kier molecular flexibility index (Phi) is 3.78. The van der Waals surface area contributed by atoms with Gasteiger partial charge in [0.2, 0.25) is 0 Å². The van der Waals surface area contributed by atoms with Crippen molar-refractivity contribution < 1.29 is 0 Å². The van der Waals surface area contributed by atoms with Crippen LogP contribution in [0.2, 0.25) is 0 Å². The van der Waals surface area contributed by atoms with Crippen LogP contribution in [0.25, 0.3) is 0 Å². The molecule has 3 heteroatoms. The molecule has 1 aliphatic rings. The highest BCUT2D eigenvalue weighted by Gasteiger charge is 2.21. The number of nitrogens with one attached hydrogen (secondary N) is 1. The smallest absolute Gasteiger partial charge is 0.0331 e. The number of thiophene rings is 1. The minimum Gasteiger partial charge on any atom is -0.313 e. The van der Waals surface area contributed by atoms with Crippen molar-refractivity contribution in [1.82, 2.24) is 10.2 Å². The molecular weight excluding hydrogens is 204 g/mol. The number of likely N-dealkylation sites (tertiary alicyclic amines) is 1. The number of nitrogens with zero attached hydrogens (tertiary/aromatic N) is 1. The lowest BCUT2D eigenvalue weighted by Crippen LogP contribution is -2.32. The molecule has 2 rings (SSSR count). The molecule has 0 aromatic carbocycles. The van der Waals surface area contributed by atoms with Crippen LogP contribution >= 0.6 is 11.3 Å². The second-order valence-electron chi connectivity index (χ2n) is 4.31. The van der Waals surface area contributed by atoms with E-state index in [-0.39, 0.29) is 0 Å². The van der Waals surface area contributed by atoms with Crippen LogP contribution < -0.4 is 5.32 Å². The fourth-order valence-corrected chi connectivity index (χ4v) is 3.15. The standard InChI is InChI=1S/C12H20N2S/c1-3-13-11-4-6-14(8-11)9-12-10(2)5-7-15-12/h5,7,11,13H,3-4,6,8-9H2,1-2H3. The third-order valence-electron chi connectivity index (χ3n) is 3.10. The van der Waals surface area contributed by atoms with Gasteiger partial charge >= 0.3 is 0 Å². The van der Waals surface area contributed by atoms with E-state index in [1.54, 1.807) is 0 Å². The fourth-order valence-electron chi connectivity index (χ4n) is 2.20. The maximum absolute atomic E-state index is 3.53. The van der Waals surface area contributed by atoms with Gasteiger partial charge in [-0.15, -0.1) is 11.3 Å². The highest BCUT2D eigenvalue weighted by atomic mass is 32.1. The van der Waals surface area contributed by atoms with Gasteiger partial charge in [-0.1, -0.05) is 6.92 Å². The van der Waals surface area contributed by atoms with E-state index < -0.39 is 0 Å². The summed E-state index contributed by atoms with van der Waals surface area (Å²) in [5.74, 6) is 0. The van der Waals surface area contributed by atoms with Crippen molar-refractivity contribution >= 4 is 11.3 Å². The molecule has 0 bridgehead atoms. The fraction of sp³-hybridized carbons (Fsp3) is 0.667. The summed E-state index contributed by atoms with van der Waals surface area (Å²) in [7, 11) is 0. The molecule has 1 aliphatic heterocycles. The van der Waals surface area contributed by atoms with Crippen molar-refractivity contribution in [2.24, 2.45) is 0 Å². The van der Waals surface area contributed by atoms with Crippen molar-refractivity contribution in [3.8, 4) is 0 Å². The first-order chi connectivity index (χ1) is 7.29. The summed E-state index contributed by atoms with van der Waals surface area (Å²) >= 11 is 1.89. The molecule has 84 valence electrons. The molecular formula is C12H20N2S. The van der Waals surface area contributed by atoms with Crippen LogP contribution in [0, 0.1) is 6.92 Å². The number of aryl methyl sites for hydroxylation is 1. The molecule has 2 heterocycles. The highest BCUT2D eigenvalue weighted by molar-refractivity contribution is 7.10. The number of rotatable bonds is 4. The maximum atomic E-state index is 3.53. The second-order valence-corrected chi connectivity index (χ2v) is 5.31. The Hall–Kier alpha value is -0.380. The molecule has 2 nitrogen and oxygen atoms in total. The second kappa shape index (κ2) is 5.10. The van der Waals surface area contributed by atoms with Gasteiger partial charge in [-0.25, -0.2) is 0 Å². The van der Waals surface area contributed by atoms with Crippen LogP contribution in [-0.2, 0) is 6.54 Å². The summed E-state index contributed by atoms with van der Waals surface area (Å²) in [5, 5.41) is 5.73. The Bertz CT molecular complexity index is 308. The predicted octanol–water partition coefficient (Wildman–Crippen LogP) is 2.24. The molecule has 0 spiro atoms. The summed E-state index contributed by atoms with van der Waals surface area (Å²) in [5.41, 5.74) is 1.45. The molecule has 1 aromatic heterocycles. The van der Waals surface area contributed by atoms with Gasteiger partial charge in [-0.3, -0.25) is 4.90 Å². The summed E-state index contributed by atoms with van der Waals surface area (Å²) < 4.78 is 0. The van der Waals surface area contributed by atoms with Gasteiger partial charge in [0.25, 0.3) is 0 Å². The molecule has 1 fully saturated rings. The van der Waals surface area contributed by atoms with Gasteiger partial charge in [0.05, 0.1) is 0 Å². The molecule has 1 N–H and O–H groups in total. The lowest BCUT2D eigenvalue weighted by Gasteiger charge is -2.15. The Morgan fingerprint density at radius 2 is 2.47 bits per heavy atom. The Balaban J connectivity index is 1.85. The molecule has 0 aliphatic carbocycles. The zero-order chi connectivity index (χ0) is 10.7. The Morgan fingerprint density at radius 1 is 1.60 bits per heavy atom. The first kappa shape index (κ1) is 11.1. The van der Waals surface area contributed by atoms with Crippen LogP contribution in [0.3, 0.4) is 0 Å². The van der Waals surface area contributed by atoms with E-state index in [4.69, 9.17) is 0 Å². The number of hydrogen-bond acceptors (Lipinski definition) is 3. The summed E-state index contributed by atoms with van der Waals surface area (Å²) in [6.45, 7) is 9.10. The van der Waals surface area contributed by atoms with Gasteiger partial charge in [0.15, 0.2) is 0 Å². The lowest BCUT2D eigenvalue weighted by atomic mass is 10.2. The van der Waals surface area contributed by atoms with Crippen molar-refractivity contribution in [2.75, 3.05) is 19.6 Å². The topological polar surface area (TPSA) is 15.3 Å². The first-order valence-corrected chi connectivity index (χ1v) is 6.66. The summed E-state index contributed by atoms with van der Waals surface area (Å²) in [6.07, 6.45) is 1.30. The summed E-state index contributed by atoms with van der Waals surface area (Å²) in [4.78, 5) is 4.10. The zero-order valence-electron chi connectivity index (χ0n) is 9.62. The van der Waals surface area contributed by atoms with E-state index in [0.717, 1.165) is 19.1 Å². The quantitative estimate of drug-likeness (QED) is 0.844. The van der Waals surface area contributed by atoms with E-state index in [9.17, 15) is 0 Å². The molecule has 15 heavy (non-hydrogen) atoms. The van der Waals surface area contributed by atoms with Crippen LogP contribution in [0.4, 0.5) is 0 Å². The van der Waals surface area contributed by atoms with E-state index in [1.807, 2.05) is 11.3 Å². The molecule has 0 amide bonds. The molecule has 1 saturated heterocycles. The van der Waals surface area contributed by atoms with Crippen LogP contribution in [0.5, 0.6) is 0 Å². The van der Waals surface area contributed by atoms with Gasteiger partial charge in [0.1, 0.15) is 0 Å². The van der Waals surface area contributed by atoms with Gasteiger partial charge in [-0.05, 0) is 36.9 Å². The third kappa shape index (κ3) is 2.80. The minimum atomic E-state index is 0.718. The van der Waals surface area contributed by atoms with Crippen molar-refractivity contribution in [1.29, 1.82) is 0 Å². The Morgan fingerprint density at radius 3 is 3.13 bits per heavy atom. The Labute approximate surface area is 96.3 Å². The first-order valence-electron chi connectivity index (χ1n) is 5.78. The lowest BCUT2D eigenvalue weighted by molar-refractivity contribution is 0.323. The maximum Gasteiger partial charge on any atom is 0.0331 e. The molecule has 1 unspecified atom stereocenters. The van der Waals surface area contributed by atoms with E-state index in [0.29, 0.717) is 0 Å². The predicted molar refractivity (Wildman–Crippen MR) is 66.4 cm³/mol. The van der Waals surface area contributed by atoms with Crippen molar-refractivity contribution in [2.45, 2.75) is 32.9 Å². The van der Waals surface area contributed by atoms with E-state index in [2.05, 4.69) is 35.5 Å². The van der Waals surface area contributed by atoms with Crippen LogP contribution in [-0.4, -0.2) is 30.6 Å². The van der Waals surface area contributed by atoms with Crippen LogP contribution in [0.1, 0.15) is 23.8 Å². The van der Waals surface area contributed by atoms with Gasteiger partial charge in [0, 0.05) is 30.6 Å². The average molecular weight is 224 g/mol. The number of hydrogen-bond donors (Lipinski definition) is 1. The summed E-state index contributed by atoms with van der Waals surface area (Å²) in [6, 6.07) is 2.94. The van der Waals surface area contributed by atoms with E-state index in [1.165, 1.54) is 30.0 Å². The molecule has 0 saturated carbocycles. The normalized spacial score (nSPS) is 22.4. The van der Waals surface area contributed by atoms with Crippen molar-refractivity contribution in [3.05, 3.63) is 21.9 Å². The monoisotopic (exact) mass is 224 g/mol. The van der Waals surface area contributed by atoms with Gasteiger partial charge in [-0.2, -0.15) is 0 Å². The van der Waals surface area contributed by atoms with E-state index >= 15 is 0 Å². The largest absolute Gasteiger partial charge is 0.313 e.